The van der Waals surface area contributed by atoms with E-state index >= 15 is 0 Å². The van der Waals surface area contributed by atoms with Crippen molar-refractivity contribution < 1.29 is 14.7 Å². The fourth-order valence-corrected chi connectivity index (χ4v) is 3.52. The van der Waals surface area contributed by atoms with Crippen molar-refractivity contribution in [3.8, 4) is 5.75 Å². The first-order chi connectivity index (χ1) is 11.2. The number of carbonyl (C=O) groups is 2. The van der Waals surface area contributed by atoms with Gasteiger partial charge in [-0.1, -0.05) is 13.3 Å². The van der Waals surface area contributed by atoms with Crippen LogP contribution in [-0.4, -0.2) is 38.1 Å². The van der Waals surface area contributed by atoms with E-state index in [0.717, 1.165) is 12.5 Å². The predicted molar refractivity (Wildman–Crippen MR) is 93.5 cm³/mol. The summed E-state index contributed by atoms with van der Waals surface area (Å²) in [6.45, 7) is 5.06. The minimum Gasteiger partial charge on any atom is -0.508 e. The minimum atomic E-state index is -1.02. The highest BCUT2D eigenvalue weighted by molar-refractivity contribution is 8.16. The van der Waals surface area contributed by atoms with Gasteiger partial charge in [-0.2, -0.15) is 0 Å². The smallest absolute Gasteiger partial charge is 0.251 e. The van der Waals surface area contributed by atoms with Gasteiger partial charge in [0.1, 0.15) is 16.3 Å². The maximum absolute atomic E-state index is 12.7. The number of rotatable bonds is 6. The summed E-state index contributed by atoms with van der Waals surface area (Å²) in [6, 6.07) is 2.06. The van der Waals surface area contributed by atoms with Gasteiger partial charge >= 0.3 is 0 Å². The van der Waals surface area contributed by atoms with Gasteiger partial charge in [0.05, 0.1) is 6.04 Å². The van der Waals surface area contributed by atoms with Crippen molar-refractivity contribution >= 4 is 28.5 Å². The number of amides is 1. The lowest BCUT2D eigenvalue weighted by atomic mass is 10.0. The van der Waals surface area contributed by atoms with Gasteiger partial charge in [0.25, 0.3) is 5.56 Å². The lowest BCUT2D eigenvalue weighted by Crippen LogP contribution is -2.45. The molecule has 0 fully saturated rings. The number of aromatic nitrogens is 1. The summed E-state index contributed by atoms with van der Waals surface area (Å²) in [5.41, 5.74) is -1.01. The van der Waals surface area contributed by atoms with E-state index in [-0.39, 0.29) is 17.4 Å². The molecule has 0 saturated heterocycles. The molecule has 0 unspecified atom stereocenters. The van der Waals surface area contributed by atoms with Crippen molar-refractivity contribution in [2.24, 2.45) is 4.99 Å². The Labute approximate surface area is 144 Å². The second kappa shape index (κ2) is 7.21. The van der Waals surface area contributed by atoms with Crippen LogP contribution >= 0.6 is 11.8 Å². The lowest BCUT2D eigenvalue weighted by molar-refractivity contribution is -0.125. The van der Waals surface area contributed by atoms with Crippen molar-refractivity contribution in [3.63, 3.8) is 0 Å². The van der Waals surface area contributed by atoms with Crippen molar-refractivity contribution in [2.75, 3.05) is 5.75 Å². The van der Waals surface area contributed by atoms with E-state index in [0.29, 0.717) is 22.9 Å². The number of Topliss-reactive ketones (excluding diaryl/α,β-unsaturated/α-hetero) is 1. The highest BCUT2D eigenvalue weighted by atomic mass is 32.2. The average molecular weight is 351 g/mol. The van der Waals surface area contributed by atoms with Gasteiger partial charge in [0.2, 0.25) is 5.91 Å². The molecule has 7 nitrogen and oxygen atoms in total. The molecule has 0 bridgehead atoms. The molecule has 24 heavy (non-hydrogen) atoms. The standard InChI is InChI=1S/C16H21N3O4S/c1-4-5-11(12-6-10(21)7-13(22)17-12)18-15(23)16(3)8-24-14(19-16)9(2)20/h6-7,11H,4-5,8H2,1-3H3,(H,18,23)(H2,17,21,22)/t11-,16+/m1/s1. The Bertz CT molecular complexity index is 743. The van der Waals surface area contributed by atoms with Gasteiger partial charge in [0.15, 0.2) is 5.78 Å². The molecule has 3 N–H and O–H groups in total. The van der Waals surface area contributed by atoms with E-state index in [1.165, 1.54) is 24.8 Å². The second-order valence-electron chi connectivity index (χ2n) is 6.01. The Morgan fingerprint density at radius 1 is 1.50 bits per heavy atom. The third kappa shape index (κ3) is 4.05. The first-order valence-electron chi connectivity index (χ1n) is 7.73. The number of hydrogen-bond donors (Lipinski definition) is 3. The summed E-state index contributed by atoms with van der Waals surface area (Å²) in [7, 11) is 0. The summed E-state index contributed by atoms with van der Waals surface area (Å²) >= 11 is 1.27. The Morgan fingerprint density at radius 2 is 2.21 bits per heavy atom. The number of carbonyl (C=O) groups excluding carboxylic acids is 2. The van der Waals surface area contributed by atoms with E-state index in [4.69, 9.17) is 0 Å². The zero-order valence-corrected chi connectivity index (χ0v) is 14.7. The zero-order chi connectivity index (χ0) is 17.9. The summed E-state index contributed by atoms with van der Waals surface area (Å²) in [5, 5.41) is 12.8. The quantitative estimate of drug-likeness (QED) is 0.720. The molecule has 130 valence electrons. The molecule has 1 aliphatic heterocycles. The Hall–Kier alpha value is -2.09. The fraction of sp³-hybridized carbons (Fsp3) is 0.500. The third-order valence-corrected chi connectivity index (χ3v) is 5.10. The lowest BCUT2D eigenvalue weighted by Gasteiger charge is -2.24. The summed E-state index contributed by atoms with van der Waals surface area (Å²) < 4.78 is 0. The first-order valence-corrected chi connectivity index (χ1v) is 8.71. The van der Waals surface area contributed by atoms with Crippen LogP contribution in [0.4, 0.5) is 0 Å². The molecular formula is C16H21N3O4S. The molecule has 2 atom stereocenters. The minimum absolute atomic E-state index is 0.149. The van der Waals surface area contributed by atoms with E-state index in [1.54, 1.807) is 6.92 Å². The number of aromatic amines is 1. The van der Waals surface area contributed by atoms with Crippen molar-refractivity contribution in [3.05, 3.63) is 28.2 Å². The molecule has 2 heterocycles. The van der Waals surface area contributed by atoms with E-state index in [1.807, 2.05) is 6.92 Å². The number of aromatic hydroxyl groups is 1. The molecule has 0 radical (unpaired) electrons. The largest absolute Gasteiger partial charge is 0.508 e. The topological polar surface area (TPSA) is 112 Å². The van der Waals surface area contributed by atoms with Crippen LogP contribution in [0.5, 0.6) is 5.75 Å². The fourth-order valence-electron chi connectivity index (χ4n) is 2.44. The maximum Gasteiger partial charge on any atom is 0.251 e. The normalized spacial score (nSPS) is 21.2. The number of aliphatic imine (C=N–C) groups is 1. The molecule has 1 aliphatic rings. The summed E-state index contributed by atoms with van der Waals surface area (Å²) in [6.07, 6.45) is 1.37. The molecule has 8 heteroatoms. The molecule has 0 spiro atoms. The molecular weight excluding hydrogens is 330 g/mol. The van der Waals surface area contributed by atoms with Crippen LogP contribution in [0.1, 0.15) is 45.3 Å². The Morgan fingerprint density at radius 3 is 2.75 bits per heavy atom. The number of ketones is 1. The van der Waals surface area contributed by atoms with Crippen LogP contribution in [0.2, 0.25) is 0 Å². The van der Waals surface area contributed by atoms with Gasteiger partial charge < -0.3 is 15.4 Å². The van der Waals surface area contributed by atoms with Crippen molar-refractivity contribution in [1.29, 1.82) is 0 Å². The van der Waals surface area contributed by atoms with Gasteiger partial charge in [-0.25, -0.2) is 0 Å². The number of hydrogen-bond acceptors (Lipinski definition) is 6. The molecule has 0 aliphatic carbocycles. The predicted octanol–water partition coefficient (Wildman–Crippen LogP) is 1.53. The number of nitrogens with zero attached hydrogens (tertiary/aromatic N) is 1. The number of thioether (sulfide) groups is 1. The van der Waals surface area contributed by atoms with Crippen LogP contribution < -0.4 is 10.9 Å². The zero-order valence-electron chi connectivity index (χ0n) is 13.9. The highest BCUT2D eigenvalue weighted by Crippen LogP contribution is 2.29. The first kappa shape index (κ1) is 18.3. The molecule has 1 amide bonds. The van der Waals surface area contributed by atoms with E-state index in [2.05, 4.69) is 15.3 Å². The van der Waals surface area contributed by atoms with Gasteiger partial charge in [-0.3, -0.25) is 19.4 Å². The third-order valence-electron chi connectivity index (χ3n) is 3.74. The summed E-state index contributed by atoms with van der Waals surface area (Å²) in [5.74, 6) is -0.222. The SMILES string of the molecule is CCC[C@@H](NC(=O)[C@]1(C)CSC(C(C)=O)=N1)c1cc(O)cc(=O)[nH]1. The van der Waals surface area contributed by atoms with Crippen LogP contribution in [-0.2, 0) is 9.59 Å². The number of pyridine rings is 1. The molecule has 0 saturated carbocycles. The highest BCUT2D eigenvalue weighted by Gasteiger charge is 2.40. The second-order valence-corrected chi connectivity index (χ2v) is 6.97. The summed E-state index contributed by atoms with van der Waals surface area (Å²) in [4.78, 5) is 42.5. The monoisotopic (exact) mass is 351 g/mol. The van der Waals surface area contributed by atoms with Gasteiger partial charge in [-0.15, -0.1) is 11.8 Å². The van der Waals surface area contributed by atoms with E-state index in [9.17, 15) is 19.5 Å². The average Bonchev–Trinajstić information content (AvgIpc) is 2.90. The molecule has 0 aromatic carbocycles. The van der Waals surface area contributed by atoms with Gasteiger partial charge in [0, 0.05) is 30.5 Å². The number of H-pyrrole nitrogens is 1. The van der Waals surface area contributed by atoms with Crippen LogP contribution in [0, 0.1) is 0 Å². The molecule has 2 rings (SSSR count). The van der Waals surface area contributed by atoms with Crippen LogP contribution in [0.15, 0.2) is 21.9 Å². The van der Waals surface area contributed by atoms with Crippen LogP contribution in [0.3, 0.4) is 0 Å². The van der Waals surface area contributed by atoms with E-state index < -0.39 is 17.1 Å². The van der Waals surface area contributed by atoms with Crippen LogP contribution in [0.25, 0.3) is 0 Å². The van der Waals surface area contributed by atoms with Crippen molar-refractivity contribution in [1.82, 2.24) is 10.3 Å². The Balaban J connectivity index is 2.23. The number of nitrogens with one attached hydrogen (secondary N) is 2. The van der Waals surface area contributed by atoms with Gasteiger partial charge in [-0.05, 0) is 13.3 Å². The molecule has 1 aromatic heterocycles. The molecule has 1 aromatic rings. The van der Waals surface area contributed by atoms with Crippen molar-refractivity contribution in [2.45, 2.75) is 45.2 Å². The Kier molecular flexibility index (Phi) is 5.48. The maximum atomic E-state index is 12.7.